The van der Waals surface area contributed by atoms with Crippen LogP contribution in [-0.4, -0.2) is 27.7 Å². The van der Waals surface area contributed by atoms with Crippen molar-refractivity contribution in [3.8, 4) is 5.88 Å². The van der Waals surface area contributed by atoms with Crippen molar-refractivity contribution in [1.82, 2.24) is 9.97 Å². The summed E-state index contributed by atoms with van der Waals surface area (Å²) in [5.41, 5.74) is 2.09. The summed E-state index contributed by atoms with van der Waals surface area (Å²) in [6, 6.07) is 6.71. The Morgan fingerprint density at radius 1 is 1.29 bits per heavy atom. The van der Waals surface area contributed by atoms with E-state index in [9.17, 15) is 4.79 Å². The van der Waals surface area contributed by atoms with Crippen LogP contribution in [0.5, 0.6) is 5.88 Å². The predicted octanol–water partition coefficient (Wildman–Crippen LogP) is 2.49. The Morgan fingerprint density at radius 2 is 2.00 bits per heavy atom. The number of carboxylic acids is 1. The predicted molar refractivity (Wildman–Crippen MR) is 78.7 cm³/mol. The second-order valence-corrected chi connectivity index (χ2v) is 4.44. The van der Waals surface area contributed by atoms with Gasteiger partial charge >= 0.3 is 5.97 Å². The first kappa shape index (κ1) is 14.8. The Morgan fingerprint density at radius 3 is 2.62 bits per heavy atom. The van der Waals surface area contributed by atoms with Gasteiger partial charge in [-0.2, -0.15) is 0 Å². The van der Waals surface area contributed by atoms with E-state index in [1.807, 2.05) is 13.8 Å². The molecule has 0 saturated carbocycles. The Labute approximate surface area is 122 Å². The quantitative estimate of drug-likeness (QED) is 0.849. The zero-order valence-corrected chi connectivity index (χ0v) is 12.0. The molecule has 1 aromatic carbocycles. The third-order valence-corrected chi connectivity index (χ3v) is 2.98. The fraction of sp³-hybridized carbons (Fsp3) is 0.267. The number of hydrogen-bond acceptors (Lipinski definition) is 5. The highest BCUT2D eigenvalue weighted by Gasteiger charge is 2.07. The second kappa shape index (κ2) is 6.69. The molecule has 1 aromatic heterocycles. The number of ether oxygens (including phenoxy) is 1. The molecule has 0 bridgehead atoms. The number of carboxylic acid groups (broad SMARTS) is 1. The summed E-state index contributed by atoms with van der Waals surface area (Å²) < 4.78 is 5.42. The van der Waals surface area contributed by atoms with Crippen molar-refractivity contribution in [2.24, 2.45) is 0 Å². The molecule has 2 rings (SSSR count). The van der Waals surface area contributed by atoms with Crippen molar-refractivity contribution >= 4 is 11.8 Å². The number of anilines is 1. The molecule has 1 heterocycles. The average molecular weight is 287 g/mol. The number of nitrogens with one attached hydrogen (secondary N) is 1. The number of benzene rings is 1. The fourth-order valence-corrected chi connectivity index (χ4v) is 1.85. The van der Waals surface area contributed by atoms with Gasteiger partial charge in [0.25, 0.3) is 0 Å². The highest BCUT2D eigenvalue weighted by molar-refractivity contribution is 5.87. The van der Waals surface area contributed by atoms with Crippen LogP contribution in [0.4, 0.5) is 5.82 Å². The number of aromatic nitrogens is 2. The van der Waals surface area contributed by atoms with Crippen LogP contribution in [0.1, 0.15) is 28.4 Å². The molecule has 0 spiro atoms. The molecular formula is C15H17N3O3. The van der Waals surface area contributed by atoms with Gasteiger partial charge in [0.15, 0.2) is 0 Å². The molecule has 0 unspecified atom stereocenters. The Balaban J connectivity index is 2.06. The van der Waals surface area contributed by atoms with Crippen molar-refractivity contribution in [2.75, 3.05) is 11.9 Å². The van der Waals surface area contributed by atoms with Gasteiger partial charge in [0.05, 0.1) is 17.7 Å². The lowest BCUT2D eigenvalue weighted by Crippen LogP contribution is -2.06. The van der Waals surface area contributed by atoms with Gasteiger partial charge in [0, 0.05) is 6.54 Å². The molecule has 0 saturated heterocycles. The van der Waals surface area contributed by atoms with Crippen molar-refractivity contribution in [1.29, 1.82) is 0 Å². The van der Waals surface area contributed by atoms with E-state index in [0.717, 1.165) is 11.1 Å². The molecule has 21 heavy (non-hydrogen) atoms. The first-order chi connectivity index (χ1) is 10.1. The third kappa shape index (κ3) is 3.68. The summed E-state index contributed by atoms with van der Waals surface area (Å²) in [5, 5.41) is 12.1. The molecule has 110 valence electrons. The van der Waals surface area contributed by atoms with E-state index in [1.165, 1.54) is 6.33 Å². The molecule has 0 aliphatic rings. The van der Waals surface area contributed by atoms with Crippen LogP contribution in [0.25, 0.3) is 0 Å². The molecule has 0 radical (unpaired) electrons. The number of carbonyl (C=O) groups is 1. The van der Waals surface area contributed by atoms with Crippen LogP contribution < -0.4 is 10.1 Å². The largest absolute Gasteiger partial charge is 0.478 e. The molecule has 2 N–H and O–H groups in total. The lowest BCUT2D eigenvalue weighted by molar-refractivity contribution is 0.0697. The molecule has 0 aliphatic heterocycles. The molecule has 0 aliphatic carbocycles. The van der Waals surface area contributed by atoms with Crippen LogP contribution in [0.3, 0.4) is 0 Å². The highest BCUT2D eigenvalue weighted by Crippen LogP contribution is 2.20. The number of nitrogens with zero attached hydrogens (tertiary/aromatic N) is 2. The minimum atomic E-state index is -0.928. The normalized spacial score (nSPS) is 10.2. The Bertz CT molecular complexity index is 627. The monoisotopic (exact) mass is 287 g/mol. The van der Waals surface area contributed by atoms with E-state index >= 15 is 0 Å². The first-order valence-electron chi connectivity index (χ1n) is 6.62. The van der Waals surface area contributed by atoms with E-state index < -0.39 is 5.97 Å². The molecule has 0 amide bonds. The van der Waals surface area contributed by atoms with E-state index in [4.69, 9.17) is 9.84 Å². The molecule has 6 heteroatoms. The van der Waals surface area contributed by atoms with Crippen LogP contribution in [-0.2, 0) is 6.54 Å². The van der Waals surface area contributed by atoms with Gasteiger partial charge in [0.1, 0.15) is 12.1 Å². The first-order valence-corrected chi connectivity index (χ1v) is 6.62. The number of aromatic carboxylic acids is 1. The van der Waals surface area contributed by atoms with Gasteiger partial charge in [-0.25, -0.2) is 14.8 Å². The smallest absolute Gasteiger partial charge is 0.335 e. The SMILES string of the molecule is CCOc1ncnc(NCc2ccc(C(=O)O)cc2)c1C. The van der Waals surface area contributed by atoms with Crippen LogP contribution in [0.2, 0.25) is 0 Å². The minimum absolute atomic E-state index is 0.274. The van der Waals surface area contributed by atoms with Crippen LogP contribution >= 0.6 is 0 Å². The standard InChI is InChI=1S/C15H17N3O3/c1-3-21-14-10(2)13(17-9-18-14)16-8-11-4-6-12(7-5-11)15(19)20/h4-7,9H,3,8H2,1-2H3,(H,19,20)(H,16,17,18). The molecule has 0 fully saturated rings. The Hall–Kier alpha value is -2.63. The summed E-state index contributed by atoms with van der Waals surface area (Å²) in [4.78, 5) is 19.1. The summed E-state index contributed by atoms with van der Waals surface area (Å²) in [6.45, 7) is 4.89. The van der Waals surface area contributed by atoms with Gasteiger partial charge in [-0.05, 0) is 31.5 Å². The van der Waals surface area contributed by atoms with Gasteiger partial charge in [-0.15, -0.1) is 0 Å². The average Bonchev–Trinajstić information content (AvgIpc) is 2.49. The maximum atomic E-state index is 10.8. The molecule has 6 nitrogen and oxygen atoms in total. The zero-order valence-electron chi connectivity index (χ0n) is 12.0. The fourth-order valence-electron chi connectivity index (χ4n) is 1.85. The van der Waals surface area contributed by atoms with Crippen LogP contribution in [0, 0.1) is 6.92 Å². The molecular weight excluding hydrogens is 270 g/mol. The zero-order chi connectivity index (χ0) is 15.2. The van der Waals surface area contributed by atoms with Crippen LogP contribution in [0.15, 0.2) is 30.6 Å². The summed E-state index contributed by atoms with van der Waals surface area (Å²) >= 11 is 0. The molecule has 0 atom stereocenters. The second-order valence-electron chi connectivity index (χ2n) is 4.44. The lowest BCUT2D eigenvalue weighted by Gasteiger charge is -2.11. The van der Waals surface area contributed by atoms with Gasteiger partial charge in [-0.3, -0.25) is 0 Å². The highest BCUT2D eigenvalue weighted by atomic mass is 16.5. The van der Waals surface area contributed by atoms with E-state index in [2.05, 4.69) is 15.3 Å². The van der Waals surface area contributed by atoms with Crippen molar-refractivity contribution < 1.29 is 14.6 Å². The number of hydrogen-bond donors (Lipinski definition) is 2. The topological polar surface area (TPSA) is 84.3 Å². The van der Waals surface area contributed by atoms with Crippen molar-refractivity contribution in [3.05, 3.63) is 47.3 Å². The summed E-state index contributed by atoms with van der Waals surface area (Å²) in [6.07, 6.45) is 1.45. The van der Waals surface area contributed by atoms with Gasteiger partial charge in [0.2, 0.25) is 5.88 Å². The summed E-state index contributed by atoms with van der Waals surface area (Å²) in [5.74, 6) is 0.342. The van der Waals surface area contributed by atoms with E-state index in [1.54, 1.807) is 24.3 Å². The maximum absolute atomic E-state index is 10.8. The third-order valence-electron chi connectivity index (χ3n) is 2.98. The van der Waals surface area contributed by atoms with E-state index in [-0.39, 0.29) is 5.56 Å². The Kier molecular flexibility index (Phi) is 4.71. The minimum Gasteiger partial charge on any atom is -0.478 e. The van der Waals surface area contributed by atoms with Crippen molar-refractivity contribution in [3.63, 3.8) is 0 Å². The van der Waals surface area contributed by atoms with Crippen molar-refractivity contribution in [2.45, 2.75) is 20.4 Å². The lowest BCUT2D eigenvalue weighted by atomic mass is 10.1. The van der Waals surface area contributed by atoms with E-state index in [0.29, 0.717) is 24.8 Å². The molecule has 2 aromatic rings. The number of rotatable bonds is 6. The summed E-state index contributed by atoms with van der Waals surface area (Å²) in [7, 11) is 0. The van der Waals surface area contributed by atoms with Gasteiger partial charge < -0.3 is 15.2 Å². The van der Waals surface area contributed by atoms with Gasteiger partial charge in [-0.1, -0.05) is 12.1 Å². The maximum Gasteiger partial charge on any atom is 0.335 e.